The summed E-state index contributed by atoms with van der Waals surface area (Å²) in [4.78, 5) is 15.2. The zero-order valence-electron chi connectivity index (χ0n) is 11.9. The molecule has 0 saturated carbocycles. The summed E-state index contributed by atoms with van der Waals surface area (Å²) in [7, 11) is 0. The van der Waals surface area contributed by atoms with Crippen LogP contribution in [0.3, 0.4) is 0 Å². The molecule has 1 aromatic heterocycles. The van der Waals surface area contributed by atoms with Gasteiger partial charge in [0.05, 0.1) is 5.56 Å². The molecule has 0 aliphatic carbocycles. The molecule has 6 heteroatoms. The van der Waals surface area contributed by atoms with Gasteiger partial charge in [-0.2, -0.15) is 0 Å². The maximum Gasteiger partial charge on any atom is 0.335 e. The lowest BCUT2D eigenvalue weighted by atomic mass is 10.1. The Balaban J connectivity index is 1.90. The summed E-state index contributed by atoms with van der Waals surface area (Å²) in [5, 5.41) is 8.92. The lowest BCUT2D eigenvalue weighted by Gasteiger charge is -2.09. The third-order valence-corrected chi connectivity index (χ3v) is 3.85. The molecule has 0 amide bonds. The normalized spacial score (nSPS) is 10.7. The van der Waals surface area contributed by atoms with E-state index >= 15 is 0 Å². The Hall–Kier alpha value is -2.47. The minimum atomic E-state index is -0.954. The number of nitrogens with zero attached hydrogens (tertiary/aromatic N) is 2. The molecule has 0 bridgehead atoms. The summed E-state index contributed by atoms with van der Waals surface area (Å²) >= 11 is 3.28. The third kappa shape index (κ3) is 3.48. The summed E-state index contributed by atoms with van der Waals surface area (Å²) in [5.74, 6) is -0.647. The van der Waals surface area contributed by atoms with Crippen molar-refractivity contribution in [3.8, 4) is 11.4 Å². The van der Waals surface area contributed by atoms with Crippen LogP contribution in [0.25, 0.3) is 11.4 Å². The molecule has 0 aliphatic heterocycles. The molecule has 3 aromatic rings. The number of rotatable bonds is 4. The first kappa shape index (κ1) is 15.4. The van der Waals surface area contributed by atoms with Gasteiger partial charge in [0.25, 0.3) is 0 Å². The lowest BCUT2D eigenvalue weighted by Crippen LogP contribution is -2.02. The first-order valence-corrected chi connectivity index (χ1v) is 7.62. The lowest BCUT2D eigenvalue weighted by molar-refractivity contribution is 0.0697. The molecule has 0 fully saturated rings. The number of hydrogen-bond acceptors (Lipinski definition) is 2. The van der Waals surface area contributed by atoms with E-state index in [-0.39, 0.29) is 11.4 Å². The van der Waals surface area contributed by atoms with Gasteiger partial charge in [0.1, 0.15) is 11.6 Å². The highest BCUT2D eigenvalue weighted by Crippen LogP contribution is 2.24. The van der Waals surface area contributed by atoms with E-state index in [1.54, 1.807) is 42.7 Å². The van der Waals surface area contributed by atoms with Crippen LogP contribution in [0.5, 0.6) is 0 Å². The first-order valence-electron chi connectivity index (χ1n) is 6.83. The van der Waals surface area contributed by atoms with Crippen LogP contribution in [0.2, 0.25) is 0 Å². The summed E-state index contributed by atoms with van der Waals surface area (Å²) in [6.07, 6.45) is 3.46. The van der Waals surface area contributed by atoms with Gasteiger partial charge in [-0.25, -0.2) is 14.2 Å². The van der Waals surface area contributed by atoms with E-state index in [1.807, 2.05) is 4.57 Å². The maximum atomic E-state index is 13.6. The first-order chi connectivity index (χ1) is 11.0. The van der Waals surface area contributed by atoms with Crippen LogP contribution in [-0.4, -0.2) is 20.6 Å². The van der Waals surface area contributed by atoms with Crippen molar-refractivity contribution in [2.24, 2.45) is 0 Å². The zero-order chi connectivity index (χ0) is 16.4. The van der Waals surface area contributed by atoms with Crippen LogP contribution < -0.4 is 0 Å². The predicted molar refractivity (Wildman–Crippen MR) is 87.8 cm³/mol. The smallest absolute Gasteiger partial charge is 0.335 e. The Bertz CT molecular complexity index is 839. The van der Waals surface area contributed by atoms with Crippen LogP contribution in [-0.2, 0) is 6.54 Å². The SMILES string of the molecule is O=C(O)c1ccc(Cn2ccnc2-c2cc(F)cc(Br)c2)cc1. The molecule has 0 saturated heterocycles. The van der Waals surface area contributed by atoms with E-state index in [2.05, 4.69) is 20.9 Å². The van der Waals surface area contributed by atoms with E-state index < -0.39 is 5.97 Å². The number of benzene rings is 2. The molecule has 0 aliphatic rings. The highest BCUT2D eigenvalue weighted by Gasteiger charge is 2.09. The number of aromatic nitrogens is 2. The van der Waals surface area contributed by atoms with Crippen LogP contribution in [0.15, 0.2) is 59.3 Å². The minimum Gasteiger partial charge on any atom is -0.478 e. The second-order valence-corrected chi connectivity index (χ2v) is 5.95. The highest BCUT2D eigenvalue weighted by molar-refractivity contribution is 9.10. The molecule has 0 spiro atoms. The molecule has 116 valence electrons. The molecular weight excluding hydrogens is 363 g/mol. The van der Waals surface area contributed by atoms with Crippen molar-refractivity contribution in [2.75, 3.05) is 0 Å². The van der Waals surface area contributed by atoms with Gasteiger partial charge in [-0.3, -0.25) is 0 Å². The number of aromatic carboxylic acids is 1. The number of imidazole rings is 1. The van der Waals surface area contributed by atoms with Crippen LogP contribution >= 0.6 is 15.9 Å². The van der Waals surface area contributed by atoms with E-state index in [1.165, 1.54) is 12.1 Å². The molecule has 1 heterocycles. The molecule has 0 atom stereocenters. The van der Waals surface area contributed by atoms with E-state index in [4.69, 9.17) is 5.11 Å². The Morgan fingerprint density at radius 2 is 1.96 bits per heavy atom. The quantitative estimate of drug-likeness (QED) is 0.744. The standard InChI is InChI=1S/C17H12BrFN2O2/c18-14-7-13(8-15(19)9-14)16-20-5-6-21(16)10-11-1-3-12(4-2-11)17(22)23/h1-9H,10H2,(H,22,23). The molecule has 4 nitrogen and oxygen atoms in total. The van der Waals surface area contributed by atoms with Crippen molar-refractivity contribution in [3.05, 3.63) is 76.3 Å². The number of halogens is 2. The number of carboxylic acid groups (broad SMARTS) is 1. The van der Waals surface area contributed by atoms with Crippen LogP contribution in [0.4, 0.5) is 4.39 Å². The Morgan fingerprint density at radius 1 is 1.22 bits per heavy atom. The fraction of sp³-hybridized carbons (Fsp3) is 0.0588. The van der Waals surface area contributed by atoms with Gasteiger partial charge >= 0.3 is 5.97 Å². The second-order valence-electron chi connectivity index (χ2n) is 5.04. The molecule has 1 N–H and O–H groups in total. The fourth-order valence-electron chi connectivity index (χ4n) is 2.33. The summed E-state index contributed by atoms with van der Waals surface area (Å²) in [6, 6.07) is 11.3. The number of hydrogen-bond donors (Lipinski definition) is 1. The predicted octanol–water partition coefficient (Wildman–Crippen LogP) is 4.20. The van der Waals surface area contributed by atoms with Crippen LogP contribution in [0.1, 0.15) is 15.9 Å². The van der Waals surface area contributed by atoms with Gasteiger partial charge in [-0.15, -0.1) is 0 Å². The fourth-order valence-corrected chi connectivity index (χ4v) is 2.79. The maximum absolute atomic E-state index is 13.6. The molecule has 0 radical (unpaired) electrons. The average Bonchev–Trinajstić information content (AvgIpc) is 2.95. The largest absolute Gasteiger partial charge is 0.478 e. The molecule has 3 rings (SSSR count). The van der Waals surface area contributed by atoms with Gasteiger partial charge in [0, 0.05) is 29.0 Å². The molecule has 2 aromatic carbocycles. The summed E-state index contributed by atoms with van der Waals surface area (Å²) in [6.45, 7) is 0.517. The van der Waals surface area contributed by atoms with E-state index in [9.17, 15) is 9.18 Å². The van der Waals surface area contributed by atoms with Crippen molar-refractivity contribution in [1.29, 1.82) is 0 Å². The van der Waals surface area contributed by atoms with Gasteiger partial charge in [0.2, 0.25) is 0 Å². The van der Waals surface area contributed by atoms with Gasteiger partial charge in [-0.1, -0.05) is 28.1 Å². The zero-order valence-corrected chi connectivity index (χ0v) is 13.5. The monoisotopic (exact) mass is 374 g/mol. The average molecular weight is 375 g/mol. The van der Waals surface area contributed by atoms with E-state index in [0.29, 0.717) is 22.4 Å². The minimum absolute atomic E-state index is 0.244. The third-order valence-electron chi connectivity index (χ3n) is 3.39. The molecule has 23 heavy (non-hydrogen) atoms. The van der Waals surface area contributed by atoms with Crippen molar-refractivity contribution in [1.82, 2.24) is 9.55 Å². The topological polar surface area (TPSA) is 55.1 Å². The summed E-state index contributed by atoms with van der Waals surface area (Å²) in [5.41, 5.74) is 1.85. The second kappa shape index (κ2) is 6.34. The van der Waals surface area contributed by atoms with Gasteiger partial charge in [0.15, 0.2) is 0 Å². The number of carboxylic acids is 1. The van der Waals surface area contributed by atoms with Gasteiger partial charge in [-0.05, 0) is 35.9 Å². The summed E-state index contributed by atoms with van der Waals surface area (Å²) < 4.78 is 16.1. The van der Waals surface area contributed by atoms with Crippen molar-refractivity contribution >= 4 is 21.9 Å². The Labute approximate surface area is 140 Å². The Morgan fingerprint density at radius 3 is 2.61 bits per heavy atom. The number of carbonyl (C=O) groups is 1. The highest BCUT2D eigenvalue weighted by atomic mass is 79.9. The van der Waals surface area contributed by atoms with Crippen molar-refractivity contribution < 1.29 is 14.3 Å². The van der Waals surface area contributed by atoms with Crippen molar-refractivity contribution in [3.63, 3.8) is 0 Å². The van der Waals surface area contributed by atoms with Gasteiger partial charge < -0.3 is 9.67 Å². The van der Waals surface area contributed by atoms with Crippen LogP contribution in [0, 0.1) is 5.82 Å². The van der Waals surface area contributed by atoms with E-state index in [0.717, 1.165) is 5.56 Å². The Kier molecular flexibility index (Phi) is 4.25. The molecule has 0 unspecified atom stereocenters. The van der Waals surface area contributed by atoms with Crippen molar-refractivity contribution in [2.45, 2.75) is 6.54 Å². The molecular formula is C17H12BrFN2O2.